The van der Waals surface area contributed by atoms with Gasteiger partial charge in [-0.15, -0.1) is 0 Å². The van der Waals surface area contributed by atoms with Crippen LogP contribution in [0.2, 0.25) is 0 Å². The summed E-state index contributed by atoms with van der Waals surface area (Å²) in [5.74, 6) is -0.127. The third-order valence-corrected chi connectivity index (χ3v) is 4.92. The van der Waals surface area contributed by atoms with Gasteiger partial charge in [-0.25, -0.2) is 8.42 Å². The predicted molar refractivity (Wildman–Crippen MR) is 92.9 cm³/mol. The van der Waals surface area contributed by atoms with Crippen molar-refractivity contribution in [2.75, 3.05) is 11.8 Å². The summed E-state index contributed by atoms with van der Waals surface area (Å²) in [6, 6.07) is 9.24. The molecule has 0 fully saturated rings. The molecule has 2 aromatic rings. The van der Waals surface area contributed by atoms with Crippen LogP contribution in [-0.2, 0) is 21.0 Å². The van der Waals surface area contributed by atoms with Crippen LogP contribution in [-0.4, -0.2) is 27.5 Å². The molecular weight excluding hydrogens is 385 g/mol. The summed E-state index contributed by atoms with van der Waals surface area (Å²) < 4.78 is 71.1. The number of rotatable bonds is 6. The molecule has 0 aliphatic carbocycles. The zero-order valence-electron chi connectivity index (χ0n) is 14.4. The molecule has 0 unspecified atom stereocenters. The van der Waals surface area contributed by atoms with E-state index in [2.05, 4.69) is 5.32 Å². The van der Waals surface area contributed by atoms with Crippen molar-refractivity contribution in [3.63, 3.8) is 0 Å². The molecule has 1 atom stereocenters. The number of halogens is 3. The highest BCUT2D eigenvalue weighted by Crippen LogP contribution is 2.35. The fourth-order valence-electron chi connectivity index (χ4n) is 2.18. The maximum absolute atomic E-state index is 13.0. The Bertz CT molecular complexity index is 913. The standard InChI is InChI=1S/C17H17F3N2O4S/c1-11(16(23)21-2)26-12-7-9-13(10-8-12)27(24,25)22-15-6-4-3-5-14(15)17(18,19)20/h3-11,22H,1-2H3,(H,21,23)/t11-/m0/s1. The number of carbonyl (C=O) groups excluding carboxylic acids is 1. The Kier molecular flexibility index (Phi) is 5.99. The molecule has 1 amide bonds. The van der Waals surface area contributed by atoms with Crippen molar-refractivity contribution in [1.82, 2.24) is 5.32 Å². The number of para-hydroxylation sites is 1. The average Bonchev–Trinajstić information content (AvgIpc) is 2.60. The van der Waals surface area contributed by atoms with Crippen LogP contribution in [0.1, 0.15) is 12.5 Å². The van der Waals surface area contributed by atoms with Gasteiger partial charge in [0.05, 0.1) is 16.1 Å². The van der Waals surface area contributed by atoms with Crippen LogP contribution in [0.25, 0.3) is 0 Å². The summed E-state index contributed by atoms with van der Waals surface area (Å²) in [7, 11) is -2.80. The largest absolute Gasteiger partial charge is 0.481 e. The fourth-order valence-corrected chi connectivity index (χ4v) is 3.26. The SMILES string of the molecule is CNC(=O)[C@H](C)Oc1ccc(S(=O)(=O)Nc2ccccc2C(F)(F)F)cc1. The molecule has 27 heavy (non-hydrogen) atoms. The average molecular weight is 402 g/mol. The van der Waals surface area contributed by atoms with E-state index in [9.17, 15) is 26.4 Å². The lowest BCUT2D eigenvalue weighted by Crippen LogP contribution is -2.33. The second kappa shape index (κ2) is 7.87. The number of anilines is 1. The first kappa shape index (κ1) is 20.6. The van der Waals surface area contributed by atoms with Gasteiger partial charge >= 0.3 is 6.18 Å². The number of hydrogen-bond donors (Lipinski definition) is 2. The van der Waals surface area contributed by atoms with Gasteiger partial charge < -0.3 is 10.1 Å². The lowest BCUT2D eigenvalue weighted by molar-refractivity contribution is -0.136. The Morgan fingerprint density at radius 3 is 2.22 bits per heavy atom. The highest BCUT2D eigenvalue weighted by atomic mass is 32.2. The molecule has 146 valence electrons. The first-order valence-electron chi connectivity index (χ1n) is 7.72. The van der Waals surface area contributed by atoms with Crippen molar-refractivity contribution < 1.29 is 31.1 Å². The van der Waals surface area contributed by atoms with Gasteiger partial charge in [-0.1, -0.05) is 12.1 Å². The van der Waals surface area contributed by atoms with Crippen molar-refractivity contribution in [2.45, 2.75) is 24.1 Å². The van der Waals surface area contributed by atoms with E-state index >= 15 is 0 Å². The zero-order valence-corrected chi connectivity index (χ0v) is 15.2. The van der Waals surface area contributed by atoms with E-state index in [4.69, 9.17) is 4.74 Å². The van der Waals surface area contributed by atoms with Crippen molar-refractivity contribution in [2.24, 2.45) is 0 Å². The first-order chi connectivity index (χ1) is 12.5. The smallest absolute Gasteiger partial charge is 0.418 e. The highest BCUT2D eigenvalue weighted by molar-refractivity contribution is 7.92. The number of likely N-dealkylation sites (N-methyl/N-ethyl adjacent to an activating group) is 1. The van der Waals surface area contributed by atoms with Crippen LogP contribution >= 0.6 is 0 Å². The lowest BCUT2D eigenvalue weighted by atomic mass is 10.2. The summed E-state index contributed by atoms with van der Waals surface area (Å²) in [5.41, 5.74) is -1.66. The van der Waals surface area contributed by atoms with Crippen LogP contribution < -0.4 is 14.8 Å². The zero-order chi connectivity index (χ0) is 20.2. The number of amides is 1. The van der Waals surface area contributed by atoms with E-state index in [1.54, 1.807) is 0 Å². The van der Waals surface area contributed by atoms with E-state index in [0.29, 0.717) is 0 Å². The summed E-state index contributed by atoms with van der Waals surface area (Å²) in [6.07, 6.45) is -5.50. The number of ether oxygens (including phenoxy) is 1. The molecule has 10 heteroatoms. The fraction of sp³-hybridized carbons (Fsp3) is 0.235. The molecular formula is C17H17F3N2O4S. The number of sulfonamides is 1. The van der Waals surface area contributed by atoms with Gasteiger partial charge in [-0.3, -0.25) is 9.52 Å². The molecule has 2 rings (SSSR count). The van der Waals surface area contributed by atoms with Crippen LogP contribution in [0.5, 0.6) is 5.75 Å². The quantitative estimate of drug-likeness (QED) is 0.778. The molecule has 0 radical (unpaired) electrons. The Labute approximate surface area is 154 Å². The summed E-state index contributed by atoms with van der Waals surface area (Å²) in [4.78, 5) is 11.2. The predicted octanol–water partition coefficient (Wildman–Crippen LogP) is 3.02. The molecule has 0 aromatic heterocycles. The van der Waals surface area contributed by atoms with Crippen LogP contribution in [0.15, 0.2) is 53.4 Å². The molecule has 0 heterocycles. The van der Waals surface area contributed by atoms with E-state index < -0.39 is 33.6 Å². The highest BCUT2D eigenvalue weighted by Gasteiger charge is 2.34. The van der Waals surface area contributed by atoms with Crippen LogP contribution in [0.3, 0.4) is 0 Å². The van der Waals surface area contributed by atoms with Crippen molar-refractivity contribution in [1.29, 1.82) is 0 Å². The molecule has 2 aromatic carbocycles. The molecule has 0 aliphatic heterocycles. The van der Waals surface area contributed by atoms with Gasteiger partial charge in [-0.2, -0.15) is 13.2 Å². The molecule has 2 N–H and O–H groups in total. The monoisotopic (exact) mass is 402 g/mol. The summed E-state index contributed by atoms with van der Waals surface area (Å²) in [5, 5.41) is 2.40. The van der Waals surface area contributed by atoms with E-state index in [-0.39, 0.29) is 16.6 Å². The van der Waals surface area contributed by atoms with Gasteiger partial charge in [0.25, 0.3) is 15.9 Å². The third-order valence-electron chi connectivity index (χ3n) is 3.54. The normalized spacial score (nSPS) is 12.9. The Balaban J connectivity index is 2.22. The van der Waals surface area contributed by atoms with Gasteiger partial charge in [-0.05, 0) is 43.3 Å². The third kappa shape index (κ3) is 5.13. The Hall–Kier alpha value is -2.75. The van der Waals surface area contributed by atoms with Gasteiger partial charge in [0, 0.05) is 7.05 Å². The number of alkyl halides is 3. The topological polar surface area (TPSA) is 84.5 Å². The van der Waals surface area contributed by atoms with Crippen molar-refractivity contribution >= 4 is 21.6 Å². The second-order valence-electron chi connectivity index (χ2n) is 5.49. The van der Waals surface area contributed by atoms with Crippen LogP contribution in [0, 0.1) is 0 Å². The van der Waals surface area contributed by atoms with Gasteiger partial charge in [0.15, 0.2) is 6.10 Å². The number of nitrogens with one attached hydrogen (secondary N) is 2. The second-order valence-corrected chi connectivity index (χ2v) is 7.18. The first-order valence-corrected chi connectivity index (χ1v) is 9.20. The van der Waals surface area contributed by atoms with E-state index in [1.165, 1.54) is 50.4 Å². The molecule has 6 nitrogen and oxygen atoms in total. The van der Waals surface area contributed by atoms with Crippen molar-refractivity contribution in [3.05, 3.63) is 54.1 Å². The molecule has 0 saturated carbocycles. The Morgan fingerprint density at radius 2 is 1.67 bits per heavy atom. The number of hydrogen-bond acceptors (Lipinski definition) is 4. The van der Waals surface area contributed by atoms with Crippen molar-refractivity contribution in [3.8, 4) is 5.75 Å². The number of carbonyl (C=O) groups is 1. The Morgan fingerprint density at radius 1 is 1.07 bits per heavy atom. The summed E-state index contributed by atoms with van der Waals surface area (Å²) in [6.45, 7) is 1.51. The minimum Gasteiger partial charge on any atom is -0.481 e. The molecule has 0 spiro atoms. The number of benzene rings is 2. The maximum atomic E-state index is 13.0. The minimum absolute atomic E-state index is 0.237. The van der Waals surface area contributed by atoms with Gasteiger partial charge in [0.2, 0.25) is 0 Å². The van der Waals surface area contributed by atoms with Crippen LogP contribution in [0.4, 0.5) is 18.9 Å². The minimum atomic E-state index is -4.70. The molecule has 0 aliphatic rings. The maximum Gasteiger partial charge on any atom is 0.418 e. The molecule has 0 saturated heterocycles. The van der Waals surface area contributed by atoms with E-state index in [0.717, 1.165) is 12.1 Å². The lowest BCUT2D eigenvalue weighted by Gasteiger charge is -2.15. The van der Waals surface area contributed by atoms with Gasteiger partial charge in [0.1, 0.15) is 5.75 Å². The summed E-state index contributed by atoms with van der Waals surface area (Å²) >= 11 is 0. The molecule has 0 bridgehead atoms. The van der Waals surface area contributed by atoms with E-state index in [1.807, 2.05) is 4.72 Å².